The molecule has 1 aliphatic heterocycles. The quantitative estimate of drug-likeness (QED) is 0.326. The molecule has 0 aromatic heterocycles. The molecule has 3 rings (SSSR count). The molecule has 4 N–H and O–H groups in total. The summed E-state index contributed by atoms with van der Waals surface area (Å²) in [6.07, 6.45) is -1.76. The Balaban J connectivity index is 1.93. The van der Waals surface area contributed by atoms with Crippen LogP contribution in [0, 0.1) is 5.92 Å². The first-order valence-corrected chi connectivity index (χ1v) is 14.4. The van der Waals surface area contributed by atoms with Crippen LogP contribution in [-0.2, 0) is 20.8 Å². The lowest BCUT2D eigenvalue weighted by Crippen LogP contribution is -2.59. The first-order chi connectivity index (χ1) is 19.0. The van der Waals surface area contributed by atoms with E-state index in [2.05, 4.69) is 10.6 Å². The Labute approximate surface area is 239 Å². The van der Waals surface area contributed by atoms with Crippen LogP contribution in [0.3, 0.4) is 0 Å². The zero-order valence-electron chi connectivity index (χ0n) is 23.2. The summed E-state index contributed by atoms with van der Waals surface area (Å²) < 4.78 is 0. The Kier molecular flexibility index (Phi) is 11.0. The summed E-state index contributed by atoms with van der Waals surface area (Å²) in [6.45, 7) is 5.93. The summed E-state index contributed by atoms with van der Waals surface area (Å²) in [6, 6.07) is 14.9. The smallest absolute Gasteiger partial charge is 0.334 e. The van der Waals surface area contributed by atoms with E-state index in [1.54, 1.807) is 31.3 Å². The number of aliphatic carboxylic acids is 1. The number of nitrogens with zero attached hydrogens (tertiary/aromatic N) is 2. The van der Waals surface area contributed by atoms with Crippen LogP contribution in [0.2, 0.25) is 0 Å². The molecule has 11 heteroatoms. The molecule has 0 aliphatic carbocycles. The Bertz CT molecular complexity index is 1170. The van der Waals surface area contributed by atoms with Crippen molar-refractivity contribution in [1.29, 1.82) is 0 Å². The van der Waals surface area contributed by atoms with Crippen LogP contribution in [0.4, 0.5) is 4.79 Å². The zero-order valence-corrected chi connectivity index (χ0v) is 24.0. The summed E-state index contributed by atoms with van der Waals surface area (Å²) in [7, 11) is 1.63. The maximum Gasteiger partial charge on any atom is 0.334 e. The van der Waals surface area contributed by atoms with E-state index in [0.717, 1.165) is 11.1 Å². The fourth-order valence-corrected chi connectivity index (χ4v) is 5.91. The highest BCUT2D eigenvalue weighted by Gasteiger charge is 2.46. The first kappa shape index (κ1) is 31.0. The lowest BCUT2D eigenvalue weighted by atomic mass is 9.99. The molecule has 0 spiro atoms. The van der Waals surface area contributed by atoms with E-state index in [0.29, 0.717) is 6.54 Å². The number of carbonyl (C=O) groups excluding carboxylic acids is 3. The van der Waals surface area contributed by atoms with Crippen LogP contribution < -0.4 is 10.6 Å². The summed E-state index contributed by atoms with van der Waals surface area (Å²) in [4.78, 5) is 55.2. The SMILES string of the molecule is CCN(C)C(=O)N[C@H](C(=O)N1C(c2ccccc2)SC[C@H]1C(=O)N[C@@H](Cc1ccccc1)C(O)C(=O)O)C(C)C. The molecule has 4 amide bonds. The van der Waals surface area contributed by atoms with Crippen molar-refractivity contribution in [1.82, 2.24) is 20.4 Å². The van der Waals surface area contributed by atoms with Crippen LogP contribution >= 0.6 is 11.8 Å². The Morgan fingerprint density at radius 1 is 1.02 bits per heavy atom. The molecule has 1 aliphatic rings. The standard InChI is InChI=1S/C29H38N4O6S/c1-5-32(4)29(39)31-23(18(2)3)26(36)33-22(17-40-27(33)20-14-10-7-11-15-20)25(35)30-21(24(34)28(37)38)16-19-12-8-6-9-13-19/h6-15,18,21-24,27,34H,5,16-17H2,1-4H3,(H,30,35)(H,31,39)(H,37,38)/t21-,22-,23-,24?,27?/m0/s1. The number of aliphatic hydroxyl groups excluding tert-OH is 1. The molecule has 1 heterocycles. The second kappa shape index (κ2) is 14.2. The molecule has 0 bridgehead atoms. The molecule has 40 heavy (non-hydrogen) atoms. The molecule has 5 atom stereocenters. The van der Waals surface area contributed by atoms with E-state index in [1.165, 1.54) is 21.6 Å². The number of hydrogen-bond donors (Lipinski definition) is 4. The summed E-state index contributed by atoms with van der Waals surface area (Å²) in [5.74, 6) is -2.46. The lowest BCUT2D eigenvalue weighted by molar-refractivity contribution is -0.149. The largest absolute Gasteiger partial charge is 0.479 e. The van der Waals surface area contributed by atoms with Gasteiger partial charge in [0, 0.05) is 19.3 Å². The summed E-state index contributed by atoms with van der Waals surface area (Å²) in [5.41, 5.74) is 1.56. The highest BCUT2D eigenvalue weighted by molar-refractivity contribution is 7.99. The number of urea groups is 1. The van der Waals surface area contributed by atoms with Gasteiger partial charge in [-0.25, -0.2) is 9.59 Å². The third-order valence-electron chi connectivity index (χ3n) is 6.94. The predicted molar refractivity (Wildman–Crippen MR) is 153 cm³/mol. The van der Waals surface area contributed by atoms with Crippen molar-refractivity contribution in [3.63, 3.8) is 0 Å². The van der Waals surface area contributed by atoms with E-state index in [9.17, 15) is 29.4 Å². The number of carbonyl (C=O) groups is 4. The van der Waals surface area contributed by atoms with Gasteiger partial charge in [0.1, 0.15) is 17.5 Å². The molecule has 1 fully saturated rings. The summed E-state index contributed by atoms with van der Waals surface area (Å²) >= 11 is 1.42. The van der Waals surface area contributed by atoms with Gasteiger partial charge in [-0.3, -0.25) is 9.59 Å². The van der Waals surface area contributed by atoms with Crippen LogP contribution in [0.15, 0.2) is 60.7 Å². The second-order valence-electron chi connectivity index (χ2n) is 10.1. The Morgan fingerprint density at radius 2 is 1.62 bits per heavy atom. The normalized spacial score (nSPS) is 19.0. The van der Waals surface area contributed by atoms with Gasteiger partial charge in [-0.05, 0) is 30.4 Å². The molecule has 1 saturated heterocycles. The maximum absolute atomic E-state index is 14.1. The average Bonchev–Trinajstić information content (AvgIpc) is 3.40. The molecule has 10 nitrogen and oxygen atoms in total. The fraction of sp³-hybridized carbons (Fsp3) is 0.448. The van der Waals surface area contributed by atoms with Crippen LogP contribution in [0.25, 0.3) is 0 Å². The van der Waals surface area contributed by atoms with Crippen LogP contribution in [0.5, 0.6) is 0 Å². The van der Waals surface area contributed by atoms with Gasteiger partial charge in [0.25, 0.3) is 0 Å². The van der Waals surface area contributed by atoms with Crippen molar-refractivity contribution in [2.24, 2.45) is 5.92 Å². The maximum atomic E-state index is 14.1. The van der Waals surface area contributed by atoms with Gasteiger partial charge in [-0.1, -0.05) is 74.5 Å². The fourth-order valence-electron chi connectivity index (χ4n) is 4.47. The molecular formula is C29H38N4O6S. The molecule has 2 unspecified atom stereocenters. The van der Waals surface area contributed by atoms with E-state index < -0.39 is 53.4 Å². The van der Waals surface area contributed by atoms with Gasteiger partial charge in [-0.2, -0.15) is 0 Å². The number of hydrogen-bond acceptors (Lipinski definition) is 6. The highest BCUT2D eigenvalue weighted by atomic mass is 32.2. The number of thioether (sulfide) groups is 1. The number of amides is 4. The van der Waals surface area contributed by atoms with Crippen molar-refractivity contribution >= 4 is 35.6 Å². The van der Waals surface area contributed by atoms with Gasteiger partial charge >= 0.3 is 12.0 Å². The van der Waals surface area contributed by atoms with E-state index in [4.69, 9.17) is 0 Å². The first-order valence-electron chi connectivity index (χ1n) is 13.3. The Morgan fingerprint density at radius 3 is 2.17 bits per heavy atom. The number of carboxylic acids is 1. The minimum atomic E-state index is -1.85. The summed E-state index contributed by atoms with van der Waals surface area (Å²) in [5, 5.41) is 25.0. The minimum Gasteiger partial charge on any atom is -0.479 e. The molecule has 2 aromatic rings. The number of nitrogens with one attached hydrogen (secondary N) is 2. The Hall–Kier alpha value is -3.57. The average molecular weight is 571 g/mol. The van der Waals surface area contributed by atoms with E-state index in [-0.39, 0.29) is 18.1 Å². The second-order valence-corrected chi connectivity index (χ2v) is 11.2. The third-order valence-corrected chi connectivity index (χ3v) is 8.26. The molecule has 216 valence electrons. The van der Waals surface area contributed by atoms with E-state index in [1.807, 2.05) is 57.2 Å². The van der Waals surface area contributed by atoms with Crippen LogP contribution in [0.1, 0.15) is 37.3 Å². The van der Waals surface area contributed by atoms with Gasteiger partial charge in [-0.15, -0.1) is 11.8 Å². The predicted octanol–water partition coefficient (Wildman–Crippen LogP) is 2.49. The monoisotopic (exact) mass is 570 g/mol. The number of aliphatic hydroxyl groups is 1. The van der Waals surface area contributed by atoms with Gasteiger partial charge < -0.3 is 30.6 Å². The number of rotatable bonds is 11. The van der Waals surface area contributed by atoms with Gasteiger partial charge in [0.05, 0.1) is 6.04 Å². The van der Waals surface area contributed by atoms with Crippen molar-refractivity contribution in [3.8, 4) is 0 Å². The minimum absolute atomic E-state index is 0.0873. The van der Waals surface area contributed by atoms with Crippen molar-refractivity contribution in [2.75, 3.05) is 19.3 Å². The van der Waals surface area contributed by atoms with Gasteiger partial charge in [0.2, 0.25) is 11.8 Å². The molecular weight excluding hydrogens is 532 g/mol. The van der Waals surface area contributed by atoms with Gasteiger partial charge in [0.15, 0.2) is 6.10 Å². The van der Waals surface area contributed by atoms with Crippen molar-refractivity contribution in [3.05, 3.63) is 71.8 Å². The third kappa shape index (κ3) is 7.54. The van der Waals surface area contributed by atoms with E-state index >= 15 is 0 Å². The van der Waals surface area contributed by atoms with Crippen molar-refractivity contribution < 1.29 is 29.4 Å². The number of benzene rings is 2. The number of carboxylic acid groups (broad SMARTS) is 1. The zero-order chi connectivity index (χ0) is 29.4. The molecule has 0 radical (unpaired) electrons. The lowest BCUT2D eigenvalue weighted by Gasteiger charge is -2.35. The van der Waals surface area contributed by atoms with Crippen molar-refractivity contribution in [2.45, 2.75) is 56.8 Å². The molecule has 0 saturated carbocycles. The highest BCUT2D eigenvalue weighted by Crippen LogP contribution is 2.42. The van der Waals surface area contributed by atoms with Crippen LogP contribution in [-0.4, -0.2) is 87.4 Å². The molecule has 2 aromatic carbocycles. The topological polar surface area (TPSA) is 139 Å².